The third-order valence-corrected chi connectivity index (χ3v) is 16.9. The number of fused-ring (bicyclic) bond motifs is 9. The van der Waals surface area contributed by atoms with Gasteiger partial charge < -0.3 is 4.90 Å². The van der Waals surface area contributed by atoms with E-state index in [0.717, 1.165) is 17.1 Å². The molecule has 328 valence electrons. The molecule has 0 aliphatic heterocycles. The molecule has 3 heteroatoms. The normalized spacial score (nSPS) is 12.7. The van der Waals surface area contributed by atoms with Gasteiger partial charge in [-0.15, -0.1) is 22.7 Å². The Bertz CT molecular complexity index is 4070. The average Bonchev–Trinajstić information content (AvgIpc) is 4.10. The zero-order chi connectivity index (χ0) is 46.2. The van der Waals surface area contributed by atoms with Gasteiger partial charge in [0.05, 0.1) is 11.1 Å². The lowest BCUT2D eigenvalue weighted by atomic mass is 9.68. The van der Waals surface area contributed by atoms with Gasteiger partial charge in [0.1, 0.15) is 0 Å². The fourth-order valence-electron chi connectivity index (χ4n) is 11.4. The summed E-state index contributed by atoms with van der Waals surface area (Å²) in [4.78, 5) is 2.49. The van der Waals surface area contributed by atoms with Gasteiger partial charge in [-0.25, -0.2) is 0 Å². The quantitative estimate of drug-likeness (QED) is 0.147. The van der Waals surface area contributed by atoms with Crippen molar-refractivity contribution in [3.8, 4) is 44.5 Å². The van der Waals surface area contributed by atoms with E-state index < -0.39 is 5.41 Å². The lowest BCUT2D eigenvalue weighted by Gasteiger charge is -2.34. The second kappa shape index (κ2) is 16.4. The second-order valence-corrected chi connectivity index (χ2v) is 20.5. The van der Waals surface area contributed by atoms with Crippen LogP contribution in [-0.4, -0.2) is 0 Å². The van der Waals surface area contributed by atoms with Crippen molar-refractivity contribution in [3.05, 3.63) is 283 Å². The van der Waals surface area contributed by atoms with Crippen molar-refractivity contribution >= 4 is 80.1 Å². The fourth-order valence-corrected chi connectivity index (χ4v) is 13.6. The Balaban J connectivity index is 0.916. The lowest BCUT2D eigenvalue weighted by Crippen LogP contribution is -2.28. The molecule has 0 fully saturated rings. The Morgan fingerprint density at radius 2 is 0.743 bits per heavy atom. The van der Waals surface area contributed by atoms with Crippen LogP contribution in [0, 0.1) is 0 Å². The van der Waals surface area contributed by atoms with E-state index in [1.165, 1.54) is 107 Å². The molecule has 1 aliphatic carbocycles. The first-order valence-corrected chi connectivity index (χ1v) is 25.6. The highest BCUT2D eigenvalue weighted by molar-refractivity contribution is 7.26. The van der Waals surface area contributed by atoms with Crippen molar-refractivity contribution in [1.82, 2.24) is 0 Å². The van der Waals surface area contributed by atoms with Crippen molar-refractivity contribution in [1.29, 1.82) is 0 Å². The smallest absolute Gasteiger partial charge is 0.0714 e. The van der Waals surface area contributed by atoms with Crippen LogP contribution in [0.25, 0.3) is 84.9 Å². The highest BCUT2D eigenvalue weighted by Crippen LogP contribution is 2.59. The van der Waals surface area contributed by atoms with Gasteiger partial charge in [0.25, 0.3) is 0 Å². The van der Waals surface area contributed by atoms with Gasteiger partial charge in [0, 0.05) is 57.3 Å². The van der Waals surface area contributed by atoms with E-state index in [0.29, 0.717) is 0 Å². The van der Waals surface area contributed by atoms with Crippen molar-refractivity contribution in [2.45, 2.75) is 5.41 Å². The summed E-state index contributed by atoms with van der Waals surface area (Å²) in [7, 11) is 0. The number of nitrogens with zero attached hydrogens (tertiary/aromatic N) is 1. The third-order valence-electron chi connectivity index (χ3n) is 14.6. The molecular formula is C67H43NS2. The summed E-state index contributed by atoms with van der Waals surface area (Å²) in [6.45, 7) is 0. The largest absolute Gasteiger partial charge is 0.310 e. The van der Waals surface area contributed by atoms with E-state index >= 15 is 0 Å². The van der Waals surface area contributed by atoms with E-state index in [1.807, 2.05) is 22.7 Å². The maximum atomic E-state index is 2.49. The van der Waals surface area contributed by atoms with Gasteiger partial charge in [-0.3, -0.25) is 0 Å². The average molecular weight is 926 g/mol. The summed E-state index contributed by atoms with van der Waals surface area (Å²) in [6.07, 6.45) is 0. The molecular weight excluding hydrogens is 883 g/mol. The summed E-state index contributed by atoms with van der Waals surface area (Å²) in [5.74, 6) is 0. The fraction of sp³-hybridized carbons (Fsp3) is 0.0149. The molecule has 0 unspecified atom stereocenters. The Labute approximate surface area is 415 Å². The first-order valence-electron chi connectivity index (χ1n) is 24.0. The molecule has 0 atom stereocenters. The minimum absolute atomic E-state index is 0.518. The van der Waals surface area contributed by atoms with Crippen LogP contribution in [0.15, 0.2) is 261 Å². The van der Waals surface area contributed by atoms with Crippen LogP contribution in [0.4, 0.5) is 17.1 Å². The maximum absolute atomic E-state index is 2.49. The van der Waals surface area contributed by atoms with Gasteiger partial charge in [-0.1, -0.05) is 194 Å². The second-order valence-electron chi connectivity index (χ2n) is 18.4. The molecule has 70 heavy (non-hydrogen) atoms. The molecule has 0 saturated carbocycles. The summed E-state index contributed by atoms with van der Waals surface area (Å²) < 4.78 is 5.29. The first-order chi connectivity index (χ1) is 34.7. The summed E-state index contributed by atoms with van der Waals surface area (Å²) in [5.41, 5.74) is 17.6. The molecule has 0 spiro atoms. The summed E-state index contributed by atoms with van der Waals surface area (Å²) in [6, 6.07) is 96.9. The highest BCUT2D eigenvalue weighted by atomic mass is 32.1. The molecule has 0 radical (unpaired) electrons. The maximum Gasteiger partial charge on any atom is 0.0714 e. The minimum Gasteiger partial charge on any atom is -0.310 e. The molecule has 2 heterocycles. The first kappa shape index (κ1) is 40.7. The van der Waals surface area contributed by atoms with Crippen LogP contribution >= 0.6 is 22.7 Å². The van der Waals surface area contributed by atoms with Crippen molar-refractivity contribution in [2.75, 3.05) is 4.90 Å². The zero-order valence-electron chi connectivity index (χ0n) is 38.1. The SMILES string of the molecule is c1ccc(C2(c3ccccc3)c3ccccc3-c3c(N(c4ccc(-c5ccc(-c6ccc7sc8ccccc8c7c6)cc5)cc4)c4cccc(-c5ccc6sc7ccccc7c6c5)c4)cccc32)cc1. The number of benzene rings is 11. The zero-order valence-corrected chi connectivity index (χ0v) is 39.7. The lowest BCUT2D eigenvalue weighted by molar-refractivity contribution is 0.768. The van der Waals surface area contributed by atoms with Gasteiger partial charge in [-0.2, -0.15) is 0 Å². The number of thiophene rings is 2. The molecule has 2 aromatic heterocycles. The Hall–Kier alpha value is -8.34. The van der Waals surface area contributed by atoms with Gasteiger partial charge in [0.15, 0.2) is 0 Å². The van der Waals surface area contributed by atoms with Crippen molar-refractivity contribution in [2.24, 2.45) is 0 Å². The Kier molecular flexibility index (Phi) is 9.55. The van der Waals surface area contributed by atoms with Crippen molar-refractivity contribution in [3.63, 3.8) is 0 Å². The van der Waals surface area contributed by atoms with Crippen LogP contribution in [0.1, 0.15) is 22.3 Å². The van der Waals surface area contributed by atoms with Gasteiger partial charge in [0.2, 0.25) is 0 Å². The highest BCUT2D eigenvalue weighted by Gasteiger charge is 2.47. The monoisotopic (exact) mass is 925 g/mol. The topological polar surface area (TPSA) is 3.24 Å². The van der Waals surface area contributed by atoms with Gasteiger partial charge in [-0.05, 0) is 128 Å². The van der Waals surface area contributed by atoms with Crippen molar-refractivity contribution < 1.29 is 0 Å². The molecule has 1 aliphatic rings. The van der Waals surface area contributed by atoms with Crippen LogP contribution < -0.4 is 4.90 Å². The van der Waals surface area contributed by atoms with E-state index in [-0.39, 0.29) is 0 Å². The number of rotatable bonds is 8. The third kappa shape index (κ3) is 6.43. The van der Waals surface area contributed by atoms with E-state index in [9.17, 15) is 0 Å². The van der Waals surface area contributed by atoms with E-state index in [2.05, 4.69) is 266 Å². The Morgan fingerprint density at radius 1 is 0.286 bits per heavy atom. The van der Waals surface area contributed by atoms with Crippen LogP contribution in [0.5, 0.6) is 0 Å². The molecule has 0 amide bonds. The molecule has 0 bridgehead atoms. The van der Waals surface area contributed by atoms with E-state index in [1.54, 1.807) is 0 Å². The standard InChI is InChI=1S/C67H43NS2/c1-3-16-50(17-4-1)67(51-18-5-2-6-19-51)59-24-10-7-23-56(59)66-60(67)25-14-26-61(66)68(53-20-13-15-47(41-53)49-36-40-65-58(43-49)55-22-9-12-28-63(55)70-65)52-37-33-45(34-38-52)44-29-31-46(32-30-44)48-35-39-64-57(42-48)54-21-8-11-27-62(54)69-64/h1-43H. The number of hydrogen-bond donors (Lipinski definition) is 0. The molecule has 1 nitrogen and oxygen atoms in total. The predicted molar refractivity (Wildman–Crippen MR) is 301 cm³/mol. The Morgan fingerprint density at radius 3 is 1.37 bits per heavy atom. The van der Waals surface area contributed by atoms with E-state index in [4.69, 9.17) is 0 Å². The summed E-state index contributed by atoms with van der Waals surface area (Å²) >= 11 is 3.73. The van der Waals surface area contributed by atoms with Crippen LogP contribution in [0.3, 0.4) is 0 Å². The number of hydrogen-bond acceptors (Lipinski definition) is 3. The molecule has 14 rings (SSSR count). The predicted octanol–water partition coefficient (Wildman–Crippen LogP) is 19.3. The molecule has 11 aromatic carbocycles. The molecule has 0 saturated heterocycles. The molecule has 0 N–H and O–H groups in total. The summed E-state index contributed by atoms with van der Waals surface area (Å²) in [5, 5.41) is 5.26. The molecule has 13 aromatic rings. The number of anilines is 3. The minimum atomic E-state index is -0.518. The van der Waals surface area contributed by atoms with Crippen LogP contribution in [-0.2, 0) is 5.41 Å². The van der Waals surface area contributed by atoms with Crippen LogP contribution in [0.2, 0.25) is 0 Å². The van der Waals surface area contributed by atoms with Gasteiger partial charge >= 0.3 is 0 Å².